The molecule has 0 radical (unpaired) electrons. The zero-order valence-corrected chi connectivity index (χ0v) is 9.60. The van der Waals surface area contributed by atoms with E-state index in [1.165, 1.54) is 0 Å². The van der Waals surface area contributed by atoms with Crippen LogP contribution in [0.3, 0.4) is 0 Å². The van der Waals surface area contributed by atoms with Gasteiger partial charge in [-0.1, -0.05) is 20.3 Å². The van der Waals surface area contributed by atoms with Crippen LogP contribution in [-0.2, 0) is 14.4 Å². The number of carbonyl (C=O) groups is 3. The van der Waals surface area contributed by atoms with Crippen molar-refractivity contribution in [2.24, 2.45) is 17.4 Å². The monoisotopic (exact) mass is 229 g/mol. The third-order valence-corrected chi connectivity index (χ3v) is 2.47. The molecular formula is C10H19N3O3. The predicted octanol–water partition coefficient (Wildman–Crippen LogP) is -1.08. The van der Waals surface area contributed by atoms with E-state index in [1.54, 1.807) is 0 Å². The summed E-state index contributed by atoms with van der Waals surface area (Å²) in [4.78, 5) is 32.8. The van der Waals surface area contributed by atoms with Crippen molar-refractivity contribution in [3.8, 4) is 0 Å². The average Bonchev–Trinajstić information content (AvgIpc) is 2.23. The Bertz CT molecular complexity index is 268. The highest BCUT2D eigenvalue weighted by Crippen LogP contribution is 2.05. The van der Waals surface area contributed by atoms with Crippen LogP contribution in [0.25, 0.3) is 0 Å². The number of amides is 2. The molecule has 0 aliphatic heterocycles. The minimum Gasteiger partial charge on any atom is -0.370 e. The molecule has 0 rings (SSSR count). The summed E-state index contributed by atoms with van der Waals surface area (Å²) in [5.41, 5.74) is 10.3. The number of nitrogens with two attached hydrogens (primary N) is 2. The van der Waals surface area contributed by atoms with Gasteiger partial charge in [-0.15, -0.1) is 0 Å². The van der Waals surface area contributed by atoms with Crippen LogP contribution in [0.4, 0.5) is 0 Å². The van der Waals surface area contributed by atoms with E-state index in [1.807, 2.05) is 13.8 Å². The third-order valence-electron chi connectivity index (χ3n) is 2.47. The molecule has 0 spiro atoms. The van der Waals surface area contributed by atoms with Gasteiger partial charge in [-0.2, -0.15) is 0 Å². The van der Waals surface area contributed by atoms with Crippen LogP contribution in [-0.4, -0.2) is 30.2 Å². The van der Waals surface area contributed by atoms with Gasteiger partial charge in [0, 0.05) is 0 Å². The fourth-order valence-electron chi connectivity index (χ4n) is 1.15. The largest absolute Gasteiger partial charge is 0.370 e. The summed E-state index contributed by atoms with van der Waals surface area (Å²) < 4.78 is 0. The van der Waals surface area contributed by atoms with E-state index in [2.05, 4.69) is 5.32 Å². The van der Waals surface area contributed by atoms with Crippen molar-refractivity contribution < 1.29 is 14.4 Å². The number of rotatable bonds is 7. The molecule has 0 bridgehead atoms. The van der Waals surface area contributed by atoms with Crippen LogP contribution >= 0.6 is 0 Å². The lowest BCUT2D eigenvalue weighted by Gasteiger charge is -2.20. The fourth-order valence-corrected chi connectivity index (χ4v) is 1.15. The van der Waals surface area contributed by atoms with E-state index in [4.69, 9.17) is 11.5 Å². The first-order valence-electron chi connectivity index (χ1n) is 5.21. The second-order valence-electron chi connectivity index (χ2n) is 3.83. The van der Waals surface area contributed by atoms with Gasteiger partial charge in [-0.3, -0.25) is 9.59 Å². The standard InChI is InChI=1S/C10H19N3O3/c1-3-6(2)8(5-14)13-10(16)7(11)4-9(12)15/h5-8H,3-4,11H2,1-2H3,(H2,12,15)(H,13,16)/t6-,7-,8+/m0/s1. The molecule has 92 valence electrons. The first-order valence-corrected chi connectivity index (χ1v) is 5.21. The van der Waals surface area contributed by atoms with Crippen molar-refractivity contribution in [1.82, 2.24) is 5.32 Å². The number of primary amides is 1. The van der Waals surface area contributed by atoms with E-state index in [-0.39, 0.29) is 12.3 Å². The van der Waals surface area contributed by atoms with E-state index in [9.17, 15) is 14.4 Å². The first kappa shape index (κ1) is 14.6. The Morgan fingerprint density at radius 1 is 1.44 bits per heavy atom. The van der Waals surface area contributed by atoms with Crippen molar-refractivity contribution in [1.29, 1.82) is 0 Å². The van der Waals surface area contributed by atoms with Crippen LogP contribution < -0.4 is 16.8 Å². The van der Waals surface area contributed by atoms with Gasteiger partial charge in [0.05, 0.1) is 18.5 Å². The van der Waals surface area contributed by atoms with E-state index < -0.39 is 23.9 Å². The topological polar surface area (TPSA) is 115 Å². The molecule has 2 amide bonds. The summed E-state index contributed by atoms with van der Waals surface area (Å²) >= 11 is 0. The Morgan fingerprint density at radius 3 is 2.38 bits per heavy atom. The summed E-state index contributed by atoms with van der Waals surface area (Å²) in [5.74, 6) is -1.15. The maximum Gasteiger partial charge on any atom is 0.238 e. The number of aldehydes is 1. The van der Waals surface area contributed by atoms with E-state index >= 15 is 0 Å². The van der Waals surface area contributed by atoms with Gasteiger partial charge in [0.1, 0.15) is 6.29 Å². The fraction of sp³-hybridized carbons (Fsp3) is 0.700. The molecule has 6 nitrogen and oxygen atoms in total. The average molecular weight is 229 g/mol. The van der Waals surface area contributed by atoms with Crippen molar-refractivity contribution in [3.05, 3.63) is 0 Å². The molecule has 0 aliphatic carbocycles. The van der Waals surface area contributed by atoms with Crippen LogP contribution in [0, 0.1) is 5.92 Å². The van der Waals surface area contributed by atoms with E-state index in [0.717, 1.165) is 6.42 Å². The van der Waals surface area contributed by atoms with Gasteiger partial charge in [0.15, 0.2) is 0 Å². The highest BCUT2D eigenvalue weighted by Gasteiger charge is 2.22. The zero-order chi connectivity index (χ0) is 12.7. The van der Waals surface area contributed by atoms with Gasteiger partial charge in [-0.25, -0.2) is 0 Å². The molecule has 0 aromatic carbocycles. The molecule has 0 unspecified atom stereocenters. The van der Waals surface area contributed by atoms with Crippen LogP contribution in [0.1, 0.15) is 26.7 Å². The third kappa shape index (κ3) is 4.88. The minimum absolute atomic E-state index is 0.0298. The minimum atomic E-state index is -0.996. The summed E-state index contributed by atoms with van der Waals surface area (Å²) in [6.07, 6.45) is 1.20. The number of nitrogens with one attached hydrogen (secondary N) is 1. The van der Waals surface area contributed by atoms with Crippen molar-refractivity contribution in [3.63, 3.8) is 0 Å². The lowest BCUT2D eigenvalue weighted by atomic mass is 10.00. The molecular weight excluding hydrogens is 210 g/mol. The molecule has 0 aliphatic rings. The second kappa shape index (κ2) is 6.95. The Balaban J connectivity index is 4.29. The normalized spacial score (nSPS) is 15.9. The predicted molar refractivity (Wildman–Crippen MR) is 59.2 cm³/mol. The molecule has 0 saturated carbocycles. The molecule has 16 heavy (non-hydrogen) atoms. The lowest BCUT2D eigenvalue weighted by molar-refractivity contribution is -0.128. The Morgan fingerprint density at radius 2 is 2.00 bits per heavy atom. The molecule has 0 heterocycles. The second-order valence-corrected chi connectivity index (χ2v) is 3.83. The van der Waals surface area contributed by atoms with E-state index in [0.29, 0.717) is 6.29 Å². The smallest absolute Gasteiger partial charge is 0.238 e. The maximum atomic E-state index is 11.5. The van der Waals surface area contributed by atoms with Crippen LogP contribution in [0.5, 0.6) is 0 Å². The Hall–Kier alpha value is -1.43. The van der Waals surface area contributed by atoms with Gasteiger partial charge in [0.25, 0.3) is 0 Å². The first-order chi connectivity index (χ1) is 7.42. The van der Waals surface area contributed by atoms with Gasteiger partial charge >= 0.3 is 0 Å². The number of carbonyl (C=O) groups excluding carboxylic acids is 3. The van der Waals surface area contributed by atoms with Crippen molar-refractivity contribution in [2.75, 3.05) is 0 Å². The number of hydrogen-bond acceptors (Lipinski definition) is 4. The highest BCUT2D eigenvalue weighted by atomic mass is 16.2. The van der Waals surface area contributed by atoms with Crippen LogP contribution in [0.2, 0.25) is 0 Å². The van der Waals surface area contributed by atoms with Gasteiger partial charge in [0.2, 0.25) is 11.8 Å². The maximum absolute atomic E-state index is 11.5. The molecule has 6 heteroatoms. The SMILES string of the molecule is CC[C@H](C)[C@@H](C=O)NC(=O)[C@@H](N)CC(N)=O. The molecule has 0 fully saturated rings. The Kier molecular flexibility index (Phi) is 6.32. The molecule has 0 aromatic rings. The number of hydrogen-bond donors (Lipinski definition) is 3. The summed E-state index contributed by atoms with van der Waals surface area (Å²) in [7, 11) is 0. The Labute approximate surface area is 94.7 Å². The lowest BCUT2D eigenvalue weighted by Crippen LogP contribution is -2.49. The molecule has 0 saturated heterocycles. The summed E-state index contributed by atoms with van der Waals surface area (Å²) in [6.45, 7) is 3.76. The summed E-state index contributed by atoms with van der Waals surface area (Å²) in [6, 6.07) is -1.57. The molecule has 0 aromatic heterocycles. The highest BCUT2D eigenvalue weighted by molar-refractivity contribution is 5.89. The molecule has 3 atom stereocenters. The van der Waals surface area contributed by atoms with Crippen molar-refractivity contribution in [2.45, 2.75) is 38.8 Å². The molecule has 5 N–H and O–H groups in total. The zero-order valence-electron chi connectivity index (χ0n) is 9.60. The van der Waals surface area contributed by atoms with Crippen molar-refractivity contribution >= 4 is 18.1 Å². The quantitative estimate of drug-likeness (QED) is 0.481. The van der Waals surface area contributed by atoms with Gasteiger partial charge < -0.3 is 21.6 Å². The summed E-state index contributed by atoms with van der Waals surface area (Å²) in [5, 5.41) is 2.48. The van der Waals surface area contributed by atoms with Crippen LogP contribution in [0.15, 0.2) is 0 Å². The van der Waals surface area contributed by atoms with Gasteiger partial charge in [-0.05, 0) is 5.92 Å².